The molecule has 3 rings (SSSR count). The van der Waals surface area contributed by atoms with Gasteiger partial charge in [0, 0.05) is 0 Å². The van der Waals surface area contributed by atoms with E-state index in [1.54, 1.807) is 44.9 Å². The quantitative estimate of drug-likeness (QED) is 0.580. The molecule has 3 fully saturated rings. The Hall–Kier alpha value is 0. The average Bonchev–Trinajstić information content (AvgIpc) is 2.89. The summed E-state index contributed by atoms with van der Waals surface area (Å²) in [7, 11) is 0. The van der Waals surface area contributed by atoms with E-state index >= 15 is 0 Å². The first-order valence-corrected chi connectivity index (χ1v) is 7.36. The molecule has 0 radical (unpaired) electrons. The number of hydrogen-bond acceptors (Lipinski definition) is 0. The standard InChI is InChI=1S/C15H26/c1-2-3-4-9-15-10-8-12(11-15)13-6-5-7-14(13)15/h12-14H,2-11H2,1H3. The van der Waals surface area contributed by atoms with Gasteiger partial charge in [0.05, 0.1) is 0 Å². The summed E-state index contributed by atoms with van der Waals surface area (Å²) >= 11 is 0. The molecular formula is C15H26. The predicted molar refractivity (Wildman–Crippen MR) is 64.7 cm³/mol. The van der Waals surface area contributed by atoms with E-state index in [-0.39, 0.29) is 0 Å². The molecule has 0 amide bonds. The molecule has 0 aromatic carbocycles. The summed E-state index contributed by atoms with van der Waals surface area (Å²) in [6.45, 7) is 2.34. The molecule has 4 atom stereocenters. The van der Waals surface area contributed by atoms with Crippen LogP contribution < -0.4 is 0 Å². The van der Waals surface area contributed by atoms with Gasteiger partial charge in [0.2, 0.25) is 0 Å². The van der Waals surface area contributed by atoms with Gasteiger partial charge < -0.3 is 0 Å². The van der Waals surface area contributed by atoms with Gasteiger partial charge in [-0.25, -0.2) is 0 Å². The molecule has 3 aliphatic carbocycles. The smallest absolute Gasteiger partial charge is 0.0264 e. The second-order valence-corrected chi connectivity index (χ2v) is 6.52. The molecule has 0 aromatic heterocycles. The van der Waals surface area contributed by atoms with Crippen molar-refractivity contribution in [3.05, 3.63) is 0 Å². The Bertz CT molecular complexity index is 232. The monoisotopic (exact) mass is 206 g/mol. The van der Waals surface area contributed by atoms with Gasteiger partial charge in [-0.3, -0.25) is 0 Å². The highest BCUT2D eigenvalue weighted by atomic mass is 14.6. The van der Waals surface area contributed by atoms with E-state index in [9.17, 15) is 0 Å². The second-order valence-electron chi connectivity index (χ2n) is 6.52. The first-order chi connectivity index (χ1) is 7.36. The van der Waals surface area contributed by atoms with Crippen LogP contribution in [0.15, 0.2) is 0 Å². The van der Waals surface area contributed by atoms with Gasteiger partial charge in [-0.2, -0.15) is 0 Å². The fourth-order valence-electron chi connectivity index (χ4n) is 5.35. The summed E-state index contributed by atoms with van der Waals surface area (Å²) in [5, 5.41) is 0. The Morgan fingerprint density at radius 3 is 2.93 bits per heavy atom. The van der Waals surface area contributed by atoms with Crippen molar-refractivity contribution < 1.29 is 0 Å². The first kappa shape index (κ1) is 10.2. The molecular weight excluding hydrogens is 180 g/mol. The molecule has 86 valence electrons. The van der Waals surface area contributed by atoms with Crippen LogP contribution in [0.4, 0.5) is 0 Å². The zero-order valence-corrected chi connectivity index (χ0v) is 10.3. The van der Waals surface area contributed by atoms with Crippen LogP contribution in [0, 0.1) is 23.2 Å². The maximum atomic E-state index is 2.34. The largest absolute Gasteiger partial charge is 0.0654 e. The SMILES string of the molecule is CCCCCC12CCC(C1)C1CCCC12. The second kappa shape index (κ2) is 3.79. The number of hydrogen-bond donors (Lipinski definition) is 0. The zero-order chi connectivity index (χ0) is 10.3. The van der Waals surface area contributed by atoms with Gasteiger partial charge in [0.25, 0.3) is 0 Å². The zero-order valence-electron chi connectivity index (χ0n) is 10.3. The van der Waals surface area contributed by atoms with E-state index in [1.807, 2.05) is 0 Å². The third-order valence-corrected chi connectivity index (χ3v) is 5.92. The maximum Gasteiger partial charge on any atom is -0.0264 e. The summed E-state index contributed by atoms with van der Waals surface area (Å²) < 4.78 is 0. The maximum absolute atomic E-state index is 2.34. The van der Waals surface area contributed by atoms with Crippen LogP contribution in [0.3, 0.4) is 0 Å². The van der Waals surface area contributed by atoms with E-state index in [2.05, 4.69) is 6.92 Å². The summed E-state index contributed by atoms with van der Waals surface area (Å²) in [5.74, 6) is 3.52. The highest BCUT2D eigenvalue weighted by Gasteiger charge is 2.57. The fraction of sp³-hybridized carbons (Fsp3) is 1.00. The molecule has 3 saturated carbocycles. The van der Waals surface area contributed by atoms with Crippen molar-refractivity contribution in [2.75, 3.05) is 0 Å². The van der Waals surface area contributed by atoms with E-state index in [0.29, 0.717) is 0 Å². The Morgan fingerprint density at radius 1 is 1.13 bits per heavy atom. The summed E-state index contributed by atoms with van der Waals surface area (Å²) in [6, 6.07) is 0. The molecule has 0 aliphatic heterocycles. The lowest BCUT2D eigenvalue weighted by Crippen LogP contribution is -2.27. The van der Waals surface area contributed by atoms with Crippen molar-refractivity contribution in [2.45, 2.75) is 71.1 Å². The van der Waals surface area contributed by atoms with Crippen molar-refractivity contribution >= 4 is 0 Å². The molecule has 0 aromatic rings. The first-order valence-electron chi connectivity index (χ1n) is 7.36. The Labute approximate surface area is 94.8 Å². The van der Waals surface area contributed by atoms with Gasteiger partial charge in [0.1, 0.15) is 0 Å². The Kier molecular flexibility index (Phi) is 2.57. The van der Waals surface area contributed by atoms with Gasteiger partial charge in [-0.05, 0) is 61.7 Å². The number of unbranched alkanes of at least 4 members (excludes halogenated alkanes) is 2. The van der Waals surface area contributed by atoms with Crippen LogP contribution in [0.5, 0.6) is 0 Å². The van der Waals surface area contributed by atoms with Gasteiger partial charge in [-0.15, -0.1) is 0 Å². The van der Waals surface area contributed by atoms with Crippen LogP contribution in [0.25, 0.3) is 0 Å². The van der Waals surface area contributed by atoms with Crippen LogP contribution in [0.1, 0.15) is 71.1 Å². The lowest BCUT2D eigenvalue weighted by molar-refractivity contribution is 0.137. The van der Waals surface area contributed by atoms with Crippen molar-refractivity contribution in [1.29, 1.82) is 0 Å². The molecule has 0 nitrogen and oxygen atoms in total. The summed E-state index contributed by atoms with van der Waals surface area (Å²) in [5.41, 5.74) is 0.862. The van der Waals surface area contributed by atoms with Crippen LogP contribution in [-0.4, -0.2) is 0 Å². The molecule has 0 heteroatoms. The summed E-state index contributed by atoms with van der Waals surface area (Å²) in [6.07, 6.45) is 15.5. The number of rotatable bonds is 4. The van der Waals surface area contributed by atoms with E-state index in [1.165, 1.54) is 37.0 Å². The Balaban J connectivity index is 1.68. The molecule has 15 heavy (non-hydrogen) atoms. The van der Waals surface area contributed by atoms with Crippen molar-refractivity contribution in [3.8, 4) is 0 Å². The molecule has 0 saturated heterocycles. The predicted octanol–water partition coefficient (Wildman–Crippen LogP) is 4.78. The molecule has 3 aliphatic rings. The highest BCUT2D eigenvalue weighted by molar-refractivity contribution is 5.07. The molecule has 4 unspecified atom stereocenters. The third kappa shape index (κ3) is 1.47. The van der Waals surface area contributed by atoms with Crippen molar-refractivity contribution in [1.82, 2.24) is 0 Å². The minimum absolute atomic E-state index is 0.862. The van der Waals surface area contributed by atoms with Crippen LogP contribution in [0.2, 0.25) is 0 Å². The molecule has 0 spiro atoms. The van der Waals surface area contributed by atoms with Crippen molar-refractivity contribution in [2.24, 2.45) is 23.2 Å². The average molecular weight is 206 g/mol. The third-order valence-electron chi connectivity index (χ3n) is 5.92. The molecule has 0 N–H and O–H groups in total. The van der Waals surface area contributed by atoms with Gasteiger partial charge in [-0.1, -0.05) is 32.6 Å². The minimum atomic E-state index is 0.862. The molecule has 0 heterocycles. The van der Waals surface area contributed by atoms with E-state index in [4.69, 9.17) is 0 Å². The van der Waals surface area contributed by atoms with Crippen molar-refractivity contribution in [3.63, 3.8) is 0 Å². The minimum Gasteiger partial charge on any atom is -0.0654 e. The fourth-order valence-corrected chi connectivity index (χ4v) is 5.35. The van der Waals surface area contributed by atoms with E-state index < -0.39 is 0 Å². The van der Waals surface area contributed by atoms with Gasteiger partial charge in [0.15, 0.2) is 0 Å². The highest BCUT2D eigenvalue weighted by Crippen LogP contribution is 2.67. The lowest BCUT2D eigenvalue weighted by Gasteiger charge is -2.36. The molecule has 2 bridgehead atoms. The Morgan fingerprint density at radius 2 is 2.07 bits per heavy atom. The van der Waals surface area contributed by atoms with Crippen LogP contribution in [-0.2, 0) is 0 Å². The van der Waals surface area contributed by atoms with Crippen LogP contribution >= 0.6 is 0 Å². The van der Waals surface area contributed by atoms with E-state index in [0.717, 1.165) is 5.41 Å². The lowest BCUT2D eigenvalue weighted by atomic mass is 9.69. The topological polar surface area (TPSA) is 0 Å². The number of fused-ring (bicyclic) bond motifs is 5. The van der Waals surface area contributed by atoms with Gasteiger partial charge >= 0.3 is 0 Å². The normalized spacial score (nSPS) is 47.4. The summed E-state index contributed by atoms with van der Waals surface area (Å²) in [4.78, 5) is 0.